The first-order valence-electron chi connectivity index (χ1n) is 10.7. The molecule has 30 heavy (non-hydrogen) atoms. The van der Waals surface area contributed by atoms with E-state index in [1.165, 1.54) is 5.56 Å². The van der Waals surface area contributed by atoms with E-state index in [0.29, 0.717) is 37.6 Å². The molecule has 2 aromatic carbocycles. The van der Waals surface area contributed by atoms with Gasteiger partial charge in [0.05, 0.1) is 12.5 Å². The summed E-state index contributed by atoms with van der Waals surface area (Å²) < 4.78 is 5.13. The highest BCUT2D eigenvalue weighted by atomic mass is 16.5. The normalized spacial score (nSPS) is 16.8. The molecular weight excluding hydrogens is 382 g/mol. The smallest absolute Gasteiger partial charge is 0.310 e. The summed E-state index contributed by atoms with van der Waals surface area (Å²) >= 11 is 0. The van der Waals surface area contributed by atoms with E-state index >= 15 is 0 Å². The Balaban J connectivity index is 1.51. The second-order valence-electron chi connectivity index (χ2n) is 7.92. The Labute approximate surface area is 177 Å². The Morgan fingerprint density at radius 2 is 2.00 bits per heavy atom. The molecule has 0 bridgehead atoms. The lowest BCUT2D eigenvalue weighted by molar-refractivity contribution is -0.148. The van der Waals surface area contributed by atoms with Gasteiger partial charge in [0.15, 0.2) is 0 Å². The second kappa shape index (κ2) is 10.4. The minimum atomic E-state index is -0.458. The maximum atomic E-state index is 12.2. The van der Waals surface area contributed by atoms with Crippen LogP contribution in [0.1, 0.15) is 31.7 Å². The van der Waals surface area contributed by atoms with Crippen LogP contribution < -0.4 is 21.1 Å². The molecule has 0 saturated carbocycles. The molecule has 0 amide bonds. The molecule has 1 atom stereocenters. The monoisotopic (exact) mass is 413 g/mol. The second-order valence-corrected chi connectivity index (χ2v) is 7.92. The van der Waals surface area contributed by atoms with Gasteiger partial charge in [0.1, 0.15) is 11.4 Å². The van der Waals surface area contributed by atoms with Crippen LogP contribution in [-0.4, -0.2) is 50.7 Å². The third kappa shape index (κ3) is 5.27. The highest BCUT2D eigenvalue weighted by molar-refractivity contribution is 5.78. The molecule has 7 heteroatoms. The van der Waals surface area contributed by atoms with E-state index < -0.39 is 10.9 Å². The molecule has 162 valence electrons. The predicted molar refractivity (Wildman–Crippen MR) is 119 cm³/mol. The van der Waals surface area contributed by atoms with Gasteiger partial charge in [0.2, 0.25) is 0 Å². The zero-order valence-electron chi connectivity index (χ0n) is 17.9. The van der Waals surface area contributed by atoms with Gasteiger partial charge in [-0.2, -0.15) is 0 Å². The number of carbonyl (C=O) groups excluding carboxylic acids is 1. The van der Waals surface area contributed by atoms with Crippen molar-refractivity contribution in [3.05, 3.63) is 56.3 Å². The van der Waals surface area contributed by atoms with Gasteiger partial charge in [-0.1, -0.05) is 30.3 Å². The van der Waals surface area contributed by atoms with Gasteiger partial charge < -0.3 is 19.9 Å². The minimum absolute atomic E-state index is 0.225. The number of esters is 1. The van der Waals surface area contributed by atoms with Crippen LogP contribution >= 0.6 is 0 Å². The van der Waals surface area contributed by atoms with E-state index in [0.717, 1.165) is 32.4 Å². The van der Waals surface area contributed by atoms with Crippen LogP contribution in [0.15, 0.2) is 39.9 Å². The molecule has 1 fully saturated rings. The quantitative estimate of drug-likeness (QED) is 0.363. The van der Waals surface area contributed by atoms with E-state index in [1.807, 2.05) is 23.1 Å². The summed E-state index contributed by atoms with van der Waals surface area (Å²) in [6.45, 7) is 5.60. The minimum Gasteiger partial charge on any atom is -0.466 e. The molecular formula is C23H31N3O4. The summed E-state index contributed by atoms with van der Waals surface area (Å²) in [5.74, 6) is -0.473. The van der Waals surface area contributed by atoms with Crippen LogP contribution in [0.5, 0.6) is 0 Å². The van der Waals surface area contributed by atoms with Crippen molar-refractivity contribution >= 4 is 17.3 Å². The summed E-state index contributed by atoms with van der Waals surface area (Å²) in [6.07, 6.45) is 2.40. The van der Waals surface area contributed by atoms with Gasteiger partial charge in [-0.15, -0.1) is 0 Å². The molecule has 0 unspecified atom stereocenters. The Morgan fingerprint density at radius 3 is 2.73 bits per heavy atom. The number of benzene rings is 1. The molecule has 1 heterocycles. The first-order chi connectivity index (χ1) is 14.5. The van der Waals surface area contributed by atoms with Gasteiger partial charge in [0, 0.05) is 26.2 Å². The van der Waals surface area contributed by atoms with E-state index in [1.54, 1.807) is 6.92 Å². The van der Waals surface area contributed by atoms with Crippen molar-refractivity contribution in [2.45, 2.75) is 32.7 Å². The molecule has 0 aromatic heterocycles. The van der Waals surface area contributed by atoms with Gasteiger partial charge in [-0.3, -0.25) is 14.4 Å². The van der Waals surface area contributed by atoms with Crippen LogP contribution in [0.2, 0.25) is 0 Å². The highest BCUT2D eigenvalue weighted by Gasteiger charge is 2.32. The van der Waals surface area contributed by atoms with Crippen molar-refractivity contribution in [1.82, 2.24) is 4.90 Å². The Bertz CT molecular complexity index is 905. The molecule has 0 aliphatic carbocycles. The molecule has 3 rings (SSSR count). The Kier molecular flexibility index (Phi) is 7.63. The van der Waals surface area contributed by atoms with Crippen LogP contribution in [0.4, 0.5) is 11.4 Å². The molecule has 2 aromatic rings. The number of nitrogens with zero attached hydrogens (tertiary/aromatic N) is 2. The lowest BCUT2D eigenvalue weighted by atomic mass is 9.96. The van der Waals surface area contributed by atoms with Crippen molar-refractivity contribution in [1.29, 1.82) is 0 Å². The summed E-state index contributed by atoms with van der Waals surface area (Å²) in [4.78, 5) is 40.5. The summed E-state index contributed by atoms with van der Waals surface area (Å²) in [5, 5.41) is 3.16. The largest absolute Gasteiger partial charge is 0.466 e. The maximum absolute atomic E-state index is 12.2. The van der Waals surface area contributed by atoms with Crippen LogP contribution in [0.3, 0.4) is 0 Å². The predicted octanol–water partition coefficient (Wildman–Crippen LogP) is 2.00. The fourth-order valence-corrected chi connectivity index (χ4v) is 4.01. The molecule has 0 radical (unpaired) electrons. The van der Waals surface area contributed by atoms with E-state index in [4.69, 9.17) is 4.74 Å². The Morgan fingerprint density at radius 1 is 1.23 bits per heavy atom. The number of rotatable bonds is 10. The molecule has 7 nitrogen and oxygen atoms in total. The number of hydrogen-bond acceptors (Lipinski definition) is 7. The van der Waals surface area contributed by atoms with E-state index in [-0.39, 0.29) is 11.9 Å². The summed E-state index contributed by atoms with van der Waals surface area (Å²) in [6, 6.07) is 10.3. The van der Waals surface area contributed by atoms with Crippen LogP contribution in [0.25, 0.3) is 0 Å². The topological polar surface area (TPSA) is 79.0 Å². The number of ether oxygens (including phenoxy) is 1. The number of hydrogen-bond donors (Lipinski definition) is 1. The van der Waals surface area contributed by atoms with Crippen molar-refractivity contribution in [3.63, 3.8) is 0 Å². The third-order valence-electron chi connectivity index (χ3n) is 5.56. The fraction of sp³-hybridized carbons (Fsp3) is 0.522. The van der Waals surface area contributed by atoms with Crippen molar-refractivity contribution < 1.29 is 9.53 Å². The molecule has 1 aliphatic rings. The first kappa shape index (κ1) is 22.0. The average Bonchev–Trinajstić information content (AvgIpc) is 2.76. The average molecular weight is 414 g/mol. The van der Waals surface area contributed by atoms with Gasteiger partial charge >= 0.3 is 5.97 Å². The first-order valence-corrected chi connectivity index (χ1v) is 10.7. The summed E-state index contributed by atoms with van der Waals surface area (Å²) in [7, 11) is 2.07. The maximum Gasteiger partial charge on any atom is 0.310 e. The van der Waals surface area contributed by atoms with Crippen molar-refractivity contribution in [2.75, 3.05) is 50.1 Å². The van der Waals surface area contributed by atoms with Gasteiger partial charge in [-0.05, 0) is 45.3 Å². The lowest BCUT2D eigenvalue weighted by Crippen LogP contribution is -2.47. The van der Waals surface area contributed by atoms with Crippen LogP contribution in [-0.2, 0) is 16.1 Å². The molecule has 1 saturated heterocycles. The number of nitrogens with one attached hydrogen (secondary N) is 1. The van der Waals surface area contributed by atoms with Gasteiger partial charge in [0.25, 0.3) is 10.9 Å². The molecule has 1 N–H and O–H groups in total. The third-order valence-corrected chi connectivity index (χ3v) is 5.56. The van der Waals surface area contributed by atoms with E-state index in [2.05, 4.69) is 29.4 Å². The summed E-state index contributed by atoms with van der Waals surface area (Å²) in [5.41, 5.74) is 1.19. The Hall–Kier alpha value is -2.67. The molecule has 0 spiro atoms. The zero-order valence-corrected chi connectivity index (χ0v) is 17.9. The zero-order chi connectivity index (χ0) is 21.5. The van der Waals surface area contributed by atoms with Crippen molar-refractivity contribution in [3.8, 4) is 0 Å². The number of piperidine rings is 1. The van der Waals surface area contributed by atoms with E-state index in [9.17, 15) is 14.4 Å². The standard InChI is InChI=1S/C23H31N3O4/c1-3-30-23(29)18-11-7-14-26(16-18)20-19(21(27)22(20)28)24-12-8-13-25(2)15-17-9-5-4-6-10-17/h4-6,9-10,18,24H,3,7-8,11-16H2,1-2H3/t18-/m0/s1. The fourth-order valence-electron chi connectivity index (χ4n) is 4.01. The van der Waals surface area contributed by atoms with Crippen molar-refractivity contribution in [2.24, 2.45) is 5.92 Å². The van der Waals surface area contributed by atoms with Crippen LogP contribution in [0, 0.1) is 5.92 Å². The number of carbonyl (C=O) groups is 1. The van der Waals surface area contributed by atoms with Gasteiger partial charge in [-0.25, -0.2) is 0 Å². The number of anilines is 2. The SMILES string of the molecule is CCOC(=O)[C@H]1CCCN(c2c(NCCCN(C)Cc3ccccc3)c(=O)c2=O)C1. The molecule has 1 aliphatic heterocycles. The highest BCUT2D eigenvalue weighted by Crippen LogP contribution is 2.27. The lowest BCUT2D eigenvalue weighted by Gasteiger charge is -2.34.